The molecule has 0 atom stereocenters. The zero-order chi connectivity index (χ0) is 11.0. The molecule has 0 radical (unpaired) electrons. The molecular weight excluding hydrogens is 177 g/mol. The first-order valence-corrected chi connectivity index (χ1v) is 5.13. The molecule has 0 spiro atoms. The standard InChI is InChI=1S/C10H21BNO2/c1-9(2)7-8-11-13-10(3,4)12(5,6)14-11/h7-9H,1-6H3/q+1/b8-7+. The molecule has 0 saturated carbocycles. The van der Waals surface area contributed by atoms with Gasteiger partial charge in [0.15, 0.2) is 0 Å². The summed E-state index contributed by atoms with van der Waals surface area (Å²) in [5.74, 6) is 2.51. The molecule has 0 unspecified atom stereocenters. The minimum atomic E-state index is -0.286. The van der Waals surface area contributed by atoms with Gasteiger partial charge in [-0.05, 0) is 5.92 Å². The molecule has 80 valence electrons. The van der Waals surface area contributed by atoms with Crippen LogP contribution in [0.3, 0.4) is 0 Å². The van der Waals surface area contributed by atoms with Crippen molar-refractivity contribution in [2.24, 2.45) is 5.92 Å². The van der Waals surface area contributed by atoms with Crippen LogP contribution in [0.4, 0.5) is 0 Å². The van der Waals surface area contributed by atoms with E-state index in [9.17, 15) is 0 Å². The molecule has 3 nitrogen and oxygen atoms in total. The molecule has 0 N–H and O–H groups in total. The summed E-state index contributed by atoms with van der Waals surface area (Å²) >= 11 is 0. The van der Waals surface area contributed by atoms with Gasteiger partial charge < -0.3 is 4.65 Å². The number of nitrogens with zero attached hydrogens (tertiary/aromatic N) is 1. The van der Waals surface area contributed by atoms with Crippen molar-refractivity contribution in [3.05, 3.63) is 12.1 Å². The summed E-state index contributed by atoms with van der Waals surface area (Å²) in [6.07, 6.45) is 2.10. The van der Waals surface area contributed by atoms with Crippen molar-refractivity contribution < 1.29 is 14.1 Å². The van der Waals surface area contributed by atoms with Crippen LogP contribution >= 0.6 is 0 Å². The first-order valence-electron chi connectivity index (χ1n) is 5.13. The summed E-state index contributed by atoms with van der Waals surface area (Å²) in [5.41, 5.74) is -0.286. The Labute approximate surface area is 87.4 Å². The second kappa shape index (κ2) is 3.68. The fourth-order valence-electron chi connectivity index (χ4n) is 1.21. The Bertz CT molecular complexity index is 220. The van der Waals surface area contributed by atoms with E-state index in [-0.39, 0.29) is 12.8 Å². The molecule has 0 bridgehead atoms. The third kappa shape index (κ3) is 2.38. The molecule has 1 fully saturated rings. The van der Waals surface area contributed by atoms with E-state index in [1.54, 1.807) is 0 Å². The minimum Gasteiger partial charge on any atom is -0.350 e. The first kappa shape index (κ1) is 11.8. The Morgan fingerprint density at radius 2 is 1.86 bits per heavy atom. The Morgan fingerprint density at radius 1 is 1.29 bits per heavy atom. The van der Waals surface area contributed by atoms with Gasteiger partial charge in [0, 0.05) is 13.8 Å². The first-order chi connectivity index (χ1) is 6.24. The molecule has 1 aliphatic rings. The molecule has 0 aromatic heterocycles. The van der Waals surface area contributed by atoms with E-state index >= 15 is 0 Å². The van der Waals surface area contributed by atoms with E-state index < -0.39 is 0 Å². The second-order valence-electron chi connectivity index (χ2n) is 5.02. The van der Waals surface area contributed by atoms with Crippen LogP contribution in [-0.4, -0.2) is 31.6 Å². The van der Waals surface area contributed by atoms with E-state index in [4.69, 9.17) is 9.41 Å². The maximum absolute atomic E-state index is 5.78. The lowest BCUT2D eigenvalue weighted by molar-refractivity contribution is -1.09. The Morgan fingerprint density at radius 3 is 2.21 bits per heavy atom. The van der Waals surface area contributed by atoms with Crippen molar-refractivity contribution in [1.29, 1.82) is 0 Å². The molecule has 0 aromatic carbocycles. The van der Waals surface area contributed by atoms with Crippen molar-refractivity contribution >= 4 is 7.12 Å². The van der Waals surface area contributed by atoms with Crippen LogP contribution in [0.15, 0.2) is 12.1 Å². The zero-order valence-corrected chi connectivity index (χ0v) is 10.1. The van der Waals surface area contributed by atoms with Gasteiger partial charge in [-0.2, -0.15) is 4.65 Å². The fraction of sp³-hybridized carbons (Fsp3) is 0.800. The lowest BCUT2D eigenvalue weighted by Crippen LogP contribution is -2.50. The number of rotatable bonds is 2. The molecule has 1 heterocycles. The van der Waals surface area contributed by atoms with Crippen molar-refractivity contribution in [1.82, 2.24) is 0 Å². The molecule has 1 aliphatic heterocycles. The average molecular weight is 198 g/mol. The normalized spacial score (nSPS) is 25.2. The van der Waals surface area contributed by atoms with Gasteiger partial charge in [0.1, 0.15) is 0 Å². The number of hydrogen-bond acceptors (Lipinski definition) is 2. The molecule has 1 saturated heterocycles. The topological polar surface area (TPSA) is 18.5 Å². The minimum absolute atomic E-state index is 0.220. The van der Waals surface area contributed by atoms with Gasteiger partial charge in [-0.3, -0.25) is 0 Å². The van der Waals surface area contributed by atoms with Crippen molar-refractivity contribution in [2.45, 2.75) is 33.4 Å². The van der Waals surface area contributed by atoms with Crippen LogP contribution in [0, 0.1) is 5.92 Å². The number of hydroxylamine groups is 3. The smallest absolute Gasteiger partial charge is 0.350 e. The molecule has 0 amide bonds. The van der Waals surface area contributed by atoms with Crippen LogP contribution in [0.2, 0.25) is 0 Å². The predicted octanol–water partition coefficient (Wildman–Crippen LogP) is 2.00. The highest BCUT2D eigenvalue weighted by atomic mass is 16.8. The van der Waals surface area contributed by atoms with Crippen LogP contribution < -0.4 is 0 Å². The quantitative estimate of drug-likeness (QED) is 0.499. The molecule has 0 aliphatic carbocycles. The molecule has 0 aromatic rings. The van der Waals surface area contributed by atoms with E-state index in [1.165, 1.54) is 0 Å². The molecule has 1 rings (SSSR count). The van der Waals surface area contributed by atoms with Gasteiger partial charge in [-0.25, -0.2) is 4.76 Å². The highest BCUT2D eigenvalue weighted by Crippen LogP contribution is 2.31. The highest BCUT2D eigenvalue weighted by Gasteiger charge is 2.52. The number of quaternary nitrogens is 1. The number of hydrogen-bond donors (Lipinski definition) is 0. The van der Waals surface area contributed by atoms with Crippen LogP contribution in [0.1, 0.15) is 27.7 Å². The summed E-state index contributed by atoms with van der Waals surface area (Å²) in [6, 6.07) is 0. The van der Waals surface area contributed by atoms with E-state index in [0.29, 0.717) is 10.6 Å². The van der Waals surface area contributed by atoms with E-state index in [2.05, 4.69) is 19.9 Å². The largest absolute Gasteiger partial charge is 0.556 e. The zero-order valence-electron chi connectivity index (χ0n) is 10.1. The second-order valence-corrected chi connectivity index (χ2v) is 5.02. The Balaban J connectivity index is 2.64. The lowest BCUT2D eigenvalue weighted by atomic mass is 9.88. The Kier molecular flexibility index (Phi) is 3.09. The van der Waals surface area contributed by atoms with Gasteiger partial charge in [-0.15, -0.1) is 0 Å². The maximum atomic E-state index is 5.78. The summed E-state index contributed by atoms with van der Waals surface area (Å²) in [4.78, 5) is 0. The maximum Gasteiger partial charge on any atom is 0.556 e. The van der Waals surface area contributed by atoms with Crippen molar-refractivity contribution in [3.63, 3.8) is 0 Å². The van der Waals surface area contributed by atoms with Gasteiger partial charge in [0.25, 0.3) is 0 Å². The molecular formula is C10H21BNO2+. The van der Waals surface area contributed by atoms with Gasteiger partial charge in [0.2, 0.25) is 5.72 Å². The van der Waals surface area contributed by atoms with Gasteiger partial charge >= 0.3 is 7.12 Å². The third-order valence-electron chi connectivity index (χ3n) is 2.72. The number of allylic oxidation sites excluding steroid dienone is 1. The van der Waals surface area contributed by atoms with E-state index in [1.807, 2.05) is 33.9 Å². The summed E-state index contributed by atoms with van der Waals surface area (Å²) in [7, 11) is 3.79. The van der Waals surface area contributed by atoms with Crippen molar-refractivity contribution in [3.8, 4) is 0 Å². The van der Waals surface area contributed by atoms with Crippen LogP contribution in [0.5, 0.6) is 0 Å². The Hall–Kier alpha value is -0.315. The van der Waals surface area contributed by atoms with Gasteiger partial charge in [-0.1, -0.05) is 25.9 Å². The molecule has 14 heavy (non-hydrogen) atoms. The van der Waals surface area contributed by atoms with Gasteiger partial charge in [0.05, 0.1) is 14.1 Å². The van der Waals surface area contributed by atoms with Crippen LogP contribution in [0.25, 0.3) is 0 Å². The van der Waals surface area contributed by atoms with Crippen molar-refractivity contribution in [2.75, 3.05) is 14.1 Å². The average Bonchev–Trinajstić information content (AvgIpc) is 2.17. The summed E-state index contributed by atoms with van der Waals surface area (Å²) in [5, 5.41) is 0. The monoisotopic (exact) mass is 198 g/mol. The SMILES string of the molecule is CC(C)/C=C/B1OC(C)(C)[N+](C)(C)O1. The van der Waals surface area contributed by atoms with Crippen LogP contribution in [-0.2, 0) is 9.41 Å². The predicted molar refractivity (Wildman–Crippen MR) is 58.1 cm³/mol. The lowest BCUT2D eigenvalue weighted by Gasteiger charge is -2.32. The fourth-order valence-corrected chi connectivity index (χ4v) is 1.21. The summed E-state index contributed by atoms with van der Waals surface area (Å²) < 4.78 is 12.0. The third-order valence-corrected chi connectivity index (χ3v) is 2.72. The summed E-state index contributed by atoms with van der Waals surface area (Å²) in [6.45, 7) is 8.35. The highest BCUT2D eigenvalue weighted by molar-refractivity contribution is 6.50. The van der Waals surface area contributed by atoms with E-state index in [0.717, 1.165) is 0 Å². The molecule has 4 heteroatoms.